The molecule has 7 heteroatoms. The first kappa shape index (κ1) is 13.7. The van der Waals surface area contributed by atoms with Crippen molar-refractivity contribution < 1.29 is 9.90 Å². The molecule has 0 atom stereocenters. The number of aromatic nitrogens is 5. The summed E-state index contributed by atoms with van der Waals surface area (Å²) in [5, 5.41) is 21.3. The molecule has 0 bridgehead atoms. The van der Waals surface area contributed by atoms with E-state index in [9.17, 15) is 9.90 Å². The summed E-state index contributed by atoms with van der Waals surface area (Å²) in [6.45, 7) is 0.338. The van der Waals surface area contributed by atoms with E-state index in [4.69, 9.17) is 0 Å². The molecule has 0 aromatic carbocycles. The molecule has 0 spiro atoms. The highest BCUT2D eigenvalue weighted by Crippen LogP contribution is 2.39. The van der Waals surface area contributed by atoms with E-state index in [0.29, 0.717) is 31.6 Å². The molecule has 1 aliphatic carbocycles. The molecule has 0 radical (unpaired) electrons. The number of carbonyl (C=O) groups is 1. The molecule has 2 aromatic rings. The SMILES string of the molecule is O=C(O)C1(Cn2nnnc2Cc2cccnc2)CCCC1. The van der Waals surface area contributed by atoms with Crippen LogP contribution < -0.4 is 0 Å². The first-order chi connectivity index (χ1) is 10.2. The van der Waals surface area contributed by atoms with Gasteiger partial charge in [0, 0.05) is 18.8 Å². The van der Waals surface area contributed by atoms with Gasteiger partial charge in [0.2, 0.25) is 0 Å². The van der Waals surface area contributed by atoms with E-state index >= 15 is 0 Å². The standard InChI is InChI=1S/C14H17N5O2/c20-13(21)14(5-1-2-6-14)10-19-12(16-17-18-19)8-11-4-3-7-15-9-11/h3-4,7,9H,1-2,5-6,8,10H2,(H,20,21). The summed E-state index contributed by atoms with van der Waals surface area (Å²) in [5.74, 6) is -0.0710. The number of nitrogens with zero attached hydrogens (tertiary/aromatic N) is 5. The van der Waals surface area contributed by atoms with Gasteiger partial charge >= 0.3 is 5.97 Å². The van der Waals surface area contributed by atoms with Crippen LogP contribution >= 0.6 is 0 Å². The third kappa shape index (κ3) is 2.76. The molecular formula is C14H17N5O2. The van der Waals surface area contributed by atoms with Gasteiger partial charge in [0.1, 0.15) is 0 Å². The van der Waals surface area contributed by atoms with E-state index in [1.807, 2.05) is 12.1 Å². The van der Waals surface area contributed by atoms with Crippen molar-refractivity contribution in [3.8, 4) is 0 Å². The maximum atomic E-state index is 11.6. The van der Waals surface area contributed by atoms with Crippen LogP contribution in [0.3, 0.4) is 0 Å². The van der Waals surface area contributed by atoms with Crippen molar-refractivity contribution in [3.05, 3.63) is 35.9 Å². The fourth-order valence-corrected chi connectivity index (χ4v) is 2.94. The average molecular weight is 287 g/mol. The third-order valence-corrected chi connectivity index (χ3v) is 4.16. The number of tetrazole rings is 1. The Bertz CT molecular complexity index is 619. The minimum absolute atomic E-state index is 0.338. The zero-order valence-electron chi connectivity index (χ0n) is 11.6. The van der Waals surface area contributed by atoms with Crippen LogP contribution in [-0.2, 0) is 17.8 Å². The van der Waals surface area contributed by atoms with Crippen molar-refractivity contribution in [2.24, 2.45) is 5.41 Å². The monoisotopic (exact) mass is 287 g/mol. The van der Waals surface area contributed by atoms with Crippen LogP contribution in [0, 0.1) is 5.41 Å². The van der Waals surface area contributed by atoms with E-state index in [-0.39, 0.29) is 0 Å². The predicted octanol–water partition coefficient (Wildman–Crippen LogP) is 1.30. The van der Waals surface area contributed by atoms with Crippen LogP contribution in [0.1, 0.15) is 37.1 Å². The highest BCUT2D eigenvalue weighted by atomic mass is 16.4. The molecule has 0 aliphatic heterocycles. The van der Waals surface area contributed by atoms with Gasteiger partial charge in [-0.1, -0.05) is 18.9 Å². The Morgan fingerprint density at radius 3 is 2.86 bits per heavy atom. The molecule has 1 aliphatic rings. The van der Waals surface area contributed by atoms with Gasteiger partial charge in [-0.25, -0.2) is 4.68 Å². The third-order valence-electron chi connectivity index (χ3n) is 4.16. The topological polar surface area (TPSA) is 93.8 Å². The van der Waals surface area contributed by atoms with Crippen LogP contribution in [0.5, 0.6) is 0 Å². The Hall–Kier alpha value is -2.31. The maximum Gasteiger partial charge on any atom is 0.311 e. The smallest absolute Gasteiger partial charge is 0.311 e. The highest BCUT2D eigenvalue weighted by Gasteiger charge is 2.42. The molecule has 2 aromatic heterocycles. The fraction of sp³-hybridized carbons (Fsp3) is 0.500. The molecule has 3 rings (SSSR count). The Morgan fingerprint density at radius 2 is 2.19 bits per heavy atom. The molecule has 2 heterocycles. The molecule has 0 unspecified atom stereocenters. The minimum atomic E-state index is -0.747. The zero-order valence-corrected chi connectivity index (χ0v) is 11.6. The van der Waals surface area contributed by atoms with Crippen molar-refractivity contribution >= 4 is 5.97 Å². The number of hydrogen-bond acceptors (Lipinski definition) is 5. The lowest BCUT2D eigenvalue weighted by Crippen LogP contribution is -2.33. The zero-order chi connectivity index (χ0) is 14.7. The Kier molecular flexibility index (Phi) is 3.64. The molecular weight excluding hydrogens is 270 g/mol. The van der Waals surface area contributed by atoms with Gasteiger partial charge in [0.15, 0.2) is 5.82 Å². The van der Waals surface area contributed by atoms with E-state index in [0.717, 1.165) is 18.4 Å². The van der Waals surface area contributed by atoms with Crippen LogP contribution in [-0.4, -0.2) is 36.3 Å². The quantitative estimate of drug-likeness (QED) is 0.891. The molecule has 21 heavy (non-hydrogen) atoms. The lowest BCUT2D eigenvalue weighted by Gasteiger charge is -2.23. The van der Waals surface area contributed by atoms with Gasteiger partial charge in [-0.3, -0.25) is 9.78 Å². The first-order valence-corrected chi connectivity index (χ1v) is 7.07. The molecule has 0 amide bonds. The van der Waals surface area contributed by atoms with Crippen LogP contribution in [0.25, 0.3) is 0 Å². The van der Waals surface area contributed by atoms with Crippen LogP contribution in [0.15, 0.2) is 24.5 Å². The van der Waals surface area contributed by atoms with Gasteiger partial charge in [0.05, 0.1) is 12.0 Å². The Labute approximate surface area is 122 Å². The highest BCUT2D eigenvalue weighted by molar-refractivity contribution is 5.74. The van der Waals surface area contributed by atoms with Gasteiger partial charge in [-0.15, -0.1) is 5.10 Å². The number of aliphatic carboxylic acids is 1. The fourth-order valence-electron chi connectivity index (χ4n) is 2.94. The summed E-state index contributed by atoms with van der Waals surface area (Å²) < 4.78 is 1.63. The van der Waals surface area contributed by atoms with Gasteiger partial charge < -0.3 is 5.11 Å². The van der Waals surface area contributed by atoms with Crippen molar-refractivity contribution in [3.63, 3.8) is 0 Å². The second-order valence-corrected chi connectivity index (χ2v) is 5.58. The molecule has 1 N–H and O–H groups in total. The summed E-state index contributed by atoms with van der Waals surface area (Å²) in [6, 6.07) is 3.81. The van der Waals surface area contributed by atoms with E-state index in [1.54, 1.807) is 17.1 Å². The maximum absolute atomic E-state index is 11.6. The molecule has 1 fully saturated rings. The van der Waals surface area contributed by atoms with Crippen LogP contribution in [0.4, 0.5) is 0 Å². The second kappa shape index (κ2) is 5.59. The summed E-state index contributed by atoms with van der Waals surface area (Å²) >= 11 is 0. The molecule has 0 saturated heterocycles. The van der Waals surface area contributed by atoms with Crippen molar-refractivity contribution in [2.75, 3.05) is 0 Å². The first-order valence-electron chi connectivity index (χ1n) is 7.07. The van der Waals surface area contributed by atoms with Gasteiger partial charge in [-0.05, 0) is 34.9 Å². The lowest BCUT2D eigenvalue weighted by atomic mass is 9.86. The number of pyridine rings is 1. The number of rotatable bonds is 5. The predicted molar refractivity (Wildman–Crippen MR) is 73.4 cm³/mol. The van der Waals surface area contributed by atoms with Crippen molar-refractivity contribution in [1.29, 1.82) is 0 Å². The van der Waals surface area contributed by atoms with Gasteiger partial charge in [0.25, 0.3) is 0 Å². The Morgan fingerprint density at radius 1 is 1.38 bits per heavy atom. The second-order valence-electron chi connectivity index (χ2n) is 5.58. The number of carboxylic acid groups (broad SMARTS) is 1. The summed E-state index contributed by atoms with van der Waals surface area (Å²) in [5.41, 5.74) is 0.281. The molecule has 7 nitrogen and oxygen atoms in total. The summed E-state index contributed by atoms with van der Waals surface area (Å²) in [7, 11) is 0. The Balaban J connectivity index is 1.81. The van der Waals surface area contributed by atoms with E-state index < -0.39 is 11.4 Å². The average Bonchev–Trinajstić information content (AvgIpc) is 3.12. The van der Waals surface area contributed by atoms with Gasteiger partial charge in [-0.2, -0.15) is 0 Å². The minimum Gasteiger partial charge on any atom is -0.481 e. The lowest BCUT2D eigenvalue weighted by molar-refractivity contribution is -0.149. The molecule has 1 saturated carbocycles. The summed E-state index contributed by atoms with van der Waals surface area (Å²) in [6.07, 6.45) is 7.31. The number of carboxylic acids is 1. The normalized spacial score (nSPS) is 17.0. The van der Waals surface area contributed by atoms with Crippen molar-refractivity contribution in [1.82, 2.24) is 25.2 Å². The number of hydrogen-bond donors (Lipinski definition) is 1. The van der Waals surface area contributed by atoms with Crippen LogP contribution in [0.2, 0.25) is 0 Å². The van der Waals surface area contributed by atoms with E-state index in [2.05, 4.69) is 20.5 Å². The summed E-state index contributed by atoms with van der Waals surface area (Å²) in [4.78, 5) is 15.7. The van der Waals surface area contributed by atoms with E-state index in [1.165, 1.54) is 0 Å². The molecule has 110 valence electrons. The van der Waals surface area contributed by atoms with Crippen molar-refractivity contribution in [2.45, 2.75) is 38.6 Å². The largest absolute Gasteiger partial charge is 0.481 e.